The van der Waals surface area contributed by atoms with Gasteiger partial charge in [0, 0.05) is 16.6 Å². The zero-order valence-corrected chi connectivity index (χ0v) is 11.0. The zero-order valence-electron chi connectivity index (χ0n) is 9.42. The van der Waals surface area contributed by atoms with Crippen LogP contribution < -0.4 is 15.4 Å². The highest BCUT2D eigenvalue weighted by molar-refractivity contribution is 9.10. The van der Waals surface area contributed by atoms with Gasteiger partial charge in [0.15, 0.2) is 0 Å². The summed E-state index contributed by atoms with van der Waals surface area (Å²) in [5, 5.41) is 6.92. The molecule has 1 aromatic rings. The maximum atomic E-state index is 5.23. The number of piperidine rings is 1. The molecule has 0 unspecified atom stereocenters. The summed E-state index contributed by atoms with van der Waals surface area (Å²) in [4.78, 5) is 0. The molecule has 1 heterocycles. The molecule has 2 N–H and O–H groups in total. The van der Waals surface area contributed by atoms with E-state index in [-0.39, 0.29) is 0 Å². The fourth-order valence-corrected chi connectivity index (χ4v) is 2.29. The van der Waals surface area contributed by atoms with Crippen LogP contribution in [0.25, 0.3) is 0 Å². The number of halogens is 1. The number of rotatable bonds is 3. The van der Waals surface area contributed by atoms with Crippen molar-refractivity contribution in [2.24, 2.45) is 0 Å². The fraction of sp³-hybridized carbons (Fsp3) is 0.500. The molecule has 1 aliphatic heterocycles. The van der Waals surface area contributed by atoms with E-state index < -0.39 is 0 Å². The Morgan fingerprint density at radius 2 is 2.12 bits per heavy atom. The summed E-state index contributed by atoms with van der Waals surface area (Å²) in [6, 6.07) is 6.57. The van der Waals surface area contributed by atoms with E-state index in [1.54, 1.807) is 7.11 Å². The highest BCUT2D eigenvalue weighted by atomic mass is 79.9. The Morgan fingerprint density at radius 3 is 2.81 bits per heavy atom. The third-order valence-electron chi connectivity index (χ3n) is 2.87. The summed E-state index contributed by atoms with van der Waals surface area (Å²) in [7, 11) is 1.69. The molecule has 0 saturated carbocycles. The van der Waals surface area contributed by atoms with Crippen LogP contribution in [-0.2, 0) is 0 Å². The summed E-state index contributed by atoms with van der Waals surface area (Å²) in [5.74, 6) is 0.889. The maximum Gasteiger partial charge on any atom is 0.121 e. The lowest BCUT2D eigenvalue weighted by Gasteiger charge is -2.25. The quantitative estimate of drug-likeness (QED) is 0.895. The van der Waals surface area contributed by atoms with Crippen LogP contribution in [0.4, 0.5) is 5.69 Å². The molecular weight excluding hydrogens is 268 g/mol. The van der Waals surface area contributed by atoms with Crippen molar-refractivity contribution in [2.75, 3.05) is 25.5 Å². The minimum absolute atomic E-state index is 0.560. The Hall–Kier alpha value is -0.740. The Labute approximate surface area is 105 Å². The van der Waals surface area contributed by atoms with E-state index in [0.29, 0.717) is 6.04 Å². The van der Waals surface area contributed by atoms with Crippen LogP contribution in [-0.4, -0.2) is 26.2 Å². The molecule has 0 radical (unpaired) electrons. The van der Waals surface area contributed by atoms with Crippen LogP contribution in [0, 0.1) is 0 Å². The van der Waals surface area contributed by atoms with Crippen LogP contribution in [0.3, 0.4) is 0 Å². The highest BCUT2D eigenvalue weighted by Gasteiger charge is 2.13. The van der Waals surface area contributed by atoms with E-state index in [1.807, 2.05) is 18.2 Å². The van der Waals surface area contributed by atoms with Crippen molar-refractivity contribution in [1.29, 1.82) is 0 Å². The second-order valence-corrected chi connectivity index (χ2v) is 4.87. The van der Waals surface area contributed by atoms with Crippen molar-refractivity contribution in [3.63, 3.8) is 0 Å². The summed E-state index contributed by atoms with van der Waals surface area (Å²) >= 11 is 3.55. The third-order valence-corrected chi connectivity index (χ3v) is 3.56. The van der Waals surface area contributed by atoms with Gasteiger partial charge in [-0.1, -0.05) is 0 Å². The van der Waals surface area contributed by atoms with Gasteiger partial charge in [-0.2, -0.15) is 0 Å². The summed E-state index contributed by atoms with van der Waals surface area (Å²) in [6.07, 6.45) is 2.34. The van der Waals surface area contributed by atoms with Gasteiger partial charge in [-0.25, -0.2) is 0 Å². The van der Waals surface area contributed by atoms with Crippen molar-refractivity contribution in [2.45, 2.75) is 18.9 Å². The van der Waals surface area contributed by atoms with Gasteiger partial charge in [-0.05, 0) is 54.0 Å². The summed E-state index contributed by atoms with van der Waals surface area (Å²) < 4.78 is 6.32. The largest absolute Gasteiger partial charge is 0.497 e. The van der Waals surface area contributed by atoms with Gasteiger partial charge in [0.05, 0.1) is 12.8 Å². The normalized spacial score (nSPS) is 17.1. The number of methoxy groups -OCH3 is 1. The first kappa shape index (κ1) is 11.7. The van der Waals surface area contributed by atoms with E-state index in [1.165, 1.54) is 12.8 Å². The lowest BCUT2D eigenvalue weighted by molar-refractivity contribution is 0.414. The predicted octanol–water partition coefficient (Wildman–Crippen LogP) is 2.62. The number of anilines is 1. The van der Waals surface area contributed by atoms with E-state index in [0.717, 1.165) is 29.0 Å². The SMILES string of the molecule is COc1ccc(Br)c(NC2CCNCC2)c1. The molecule has 88 valence electrons. The van der Waals surface area contributed by atoms with Gasteiger partial charge in [0.2, 0.25) is 0 Å². The molecule has 0 atom stereocenters. The molecule has 0 aromatic heterocycles. The molecule has 4 heteroatoms. The van der Waals surface area contributed by atoms with Crippen LogP contribution in [0.1, 0.15) is 12.8 Å². The van der Waals surface area contributed by atoms with Crippen molar-refractivity contribution in [1.82, 2.24) is 5.32 Å². The lowest BCUT2D eigenvalue weighted by atomic mass is 10.1. The molecule has 16 heavy (non-hydrogen) atoms. The number of hydrogen-bond acceptors (Lipinski definition) is 3. The molecule has 1 aromatic carbocycles. The van der Waals surface area contributed by atoms with Crippen LogP contribution in [0.2, 0.25) is 0 Å². The first-order valence-electron chi connectivity index (χ1n) is 5.60. The highest BCUT2D eigenvalue weighted by Crippen LogP contribution is 2.28. The predicted molar refractivity (Wildman–Crippen MR) is 70.2 cm³/mol. The molecule has 3 nitrogen and oxygen atoms in total. The smallest absolute Gasteiger partial charge is 0.121 e. The van der Waals surface area contributed by atoms with Gasteiger partial charge >= 0.3 is 0 Å². The second-order valence-electron chi connectivity index (χ2n) is 4.01. The van der Waals surface area contributed by atoms with Crippen molar-refractivity contribution >= 4 is 21.6 Å². The van der Waals surface area contributed by atoms with Gasteiger partial charge in [0.25, 0.3) is 0 Å². The van der Waals surface area contributed by atoms with Crippen LogP contribution in [0.15, 0.2) is 22.7 Å². The van der Waals surface area contributed by atoms with Gasteiger partial charge in [-0.15, -0.1) is 0 Å². The Kier molecular flexibility index (Phi) is 4.07. The molecule has 1 aliphatic rings. The molecule has 0 spiro atoms. The van der Waals surface area contributed by atoms with E-state index in [2.05, 4.69) is 26.6 Å². The standard InChI is InChI=1S/C12H17BrN2O/c1-16-10-2-3-11(13)12(8-10)15-9-4-6-14-7-5-9/h2-3,8-9,14-15H,4-7H2,1H3. The van der Waals surface area contributed by atoms with Crippen molar-refractivity contribution in [3.8, 4) is 5.75 Å². The first-order chi connectivity index (χ1) is 7.79. The average molecular weight is 285 g/mol. The number of nitrogens with one attached hydrogen (secondary N) is 2. The van der Waals surface area contributed by atoms with Crippen molar-refractivity contribution < 1.29 is 4.74 Å². The average Bonchev–Trinajstić information content (AvgIpc) is 2.33. The van der Waals surface area contributed by atoms with Crippen LogP contribution in [0.5, 0.6) is 5.75 Å². The lowest BCUT2D eigenvalue weighted by Crippen LogP contribution is -2.35. The molecular formula is C12H17BrN2O. The number of benzene rings is 1. The maximum absolute atomic E-state index is 5.23. The van der Waals surface area contributed by atoms with E-state index in [9.17, 15) is 0 Å². The minimum atomic E-state index is 0.560. The molecule has 0 bridgehead atoms. The monoisotopic (exact) mass is 284 g/mol. The van der Waals surface area contributed by atoms with Gasteiger partial charge in [0.1, 0.15) is 5.75 Å². The Morgan fingerprint density at radius 1 is 1.38 bits per heavy atom. The number of hydrogen-bond donors (Lipinski definition) is 2. The number of ether oxygens (including phenoxy) is 1. The second kappa shape index (κ2) is 5.55. The molecule has 0 amide bonds. The van der Waals surface area contributed by atoms with E-state index in [4.69, 9.17) is 4.74 Å². The fourth-order valence-electron chi connectivity index (χ4n) is 1.93. The minimum Gasteiger partial charge on any atom is -0.497 e. The summed E-state index contributed by atoms with van der Waals surface area (Å²) in [5.41, 5.74) is 1.12. The third kappa shape index (κ3) is 2.89. The molecule has 0 aliphatic carbocycles. The van der Waals surface area contributed by atoms with Crippen LogP contribution >= 0.6 is 15.9 Å². The Balaban J connectivity index is 2.06. The van der Waals surface area contributed by atoms with E-state index >= 15 is 0 Å². The molecule has 1 saturated heterocycles. The molecule has 1 fully saturated rings. The Bertz CT molecular complexity index is 351. The zero-order chi connectivity index (χ0) is 11.4. The van der Waals surface area contributed by atoms with Gasteiger partial charge in [-0.3, -0.25) is 0 Å². The first-order valence-corrected chi connectivity index (χ1v) is 6.39. The van der Waals surface area contributed by atoms with Gasteiger partial charge < -0.3 is 15.4 Å². The van der Waals surface area contributed by atoms with Crippen molar-refractivity contribution in [3.05, 3.63) is 22.7 Å². The topological polar surface area (TPSA) is 33.3 Å². The summed E-state index contributed by atoms with van der Waals surface area (Å²) in [6.45, 7) is 2.19. The molecule has 2 rings (SSSR count).